The third-order valence-electron chi connectivity index (χ3n) is 5.54. The van der Waals surface area contributed by atoms with Gasteiger partial charge >= 0.3 is 5.97 Å². The van der Waals surface area contributed by atoms with Gasteiger partial charge in [-0.2, -0.15) is 9.98 Å². The summed E-state index contributed by atoms with van der Waals surface area (Å²) in [4.78, 5) is 47.8. The molecular weight excluding hydrogens is 470 g/mol. The van der Waals surface area contributed by atoms with Crippen molar-refractivity contribution in [3.8, 4) is 0 Å². The molecule has 0 spiro atoms. The molecule has 0 bridgehead atoms. The van der Waals surface area contributed by atoms with Crippen molar-refractivity contribution in [3.63, 3.8) is 0 Å². The van der Waals surface area contributed by atoms with Crippen molar-refractivity contribution >= 4 is 40.4 Å². The molecule has 4 rings (SSSR count). The zero-order valence-electron chi connectivity index (χ0n) is 19.9. The molecule has 2 amide bonds. The molecule has 3 heterocycles. The average molecular weight is 500 g/mol. The number of anilines is 1. The minimum Gasteiger partial charge on any atom is -0.452 e. The van der Waals surface area contributed by atoms with Gasteiger partial charge in [0.15, 0.2) is 17.6 Å². The Hall–Kier alpha value is -3.21. The summed E-state index contributed by atoms with van der Waals surface area (Å²) >= 11 is 1.35. The Morgan fingerprint density at radius 2 is 2.06 bits per heavy atom. The van der Waals surface area contributed by atoms with Crippen LogP contribution in [0.4, 0.5) is 5.69 Å². The normalized spacial score (nSPS) is 18.0. The number of piperidine rings is 1. The Morgan fingerprint density at radius 1 is 1.26 bits per heavy atom. The maximum Gasteiger partial charge on any atom is 0.338 e. The second-order valence-corrected chi connectivity index (χ2v) is 10.2. The Kier molecular flexibility index (Phi) is 8.17. The Morgan fingerprint density at radius 3 is 2.83 bits per heavy atom. The first-order valence-corrected chi connectivity index (χ1v) is 12.7. The molecule has 10 nitrogen and oxygen atoms in total. The monoisotopic (exact) mass is 499 g/mol. The predicted molar refractivity (Wildman–Crippen MR) is 131 cm³/mol. The molecule has 0 radical (unpaired) electrons. The van der Waals surface area contributed by atoms with Crippen LogP contribution < -0.4 is 5.32 Å². The molecule has 35 heavy (non-hydrogen) atoms. The fraction of sp³-hybridized carbons (Fsp3) is 0.500. The van der Waals surface area contributed by atoms with Crippen molar-refractivity contribution < 1.29 is 23.6 Å². The average Bonchev–Trinajstić information content (AvgIpc) is 3.43. The lowest BCUT2D eigenvalue weighted by Crippen LogP contribution is -2.33. The molecule has 2 aromatic rings. The van der Waals surface area contributed by atoms with Crippen molar-refractivity contribution in [2.75, 3.05) is 18.4 Å². The van der Waals surface area contributed by atoms with Crippen LogP contribution in [0, 0.1) is 5.92 Å². The number of carbonyl (C=O) groups is 3. The molecule has 11 heteroatoms. The highest BCUT2D eigenvalue weighted by Crippen LogP contribution is 2.29. The number of esters is 1. The second-order valence-electron chi connectivity index (χ2n) is 9.00. The lowest BCUT2D eigenvalue weighted by molar-refractivity contribution is -0.121. The highest BCUT2D eigenvalue weighted by molar-refractivity contribution is 8.15. The van der Waals surface area contributed by atoms with Crippen molar-refractivity contribution in [3.05, 3.63) is 41.5 Å². The number of nitrogens with zero attached hydrogens (tertiary/aromatic N) is 4. The number of hydrogen-bond acceptors (Lipinski definition) is 9. The van der Waals surface area contributed by atoms with E-state index >= 15 is 0 Å². The van der Waals surface area contributed by atoms with Crippen LogP contribution in [0.25, 0.3) is 0 Å². The summed E-state index contributed by atoms with van der Waals surface area (Å²) in [7, 11) is 0. The zero-order valence-corrected chi connectivity index (χ0v) is 20.7. The van der Waals surface area contributed by atoms with Crippen LogP contribution in [0.5, 0.6) is 0 Å². The van der Waals surface area contributed by atoms with Crippen LogP contribution in [0.1, 0.15) is 61.6 Å². The first kappa shape index (κ1) is 24.9. The van der Waals surface area contributed by atoms with Gasteiger partial charge in [0.2, 0.25) is 5.91 Å². The van der Waals surface area contributed by atoms with Crippen LogP contribution in [0.3, 0.4) is 0 Å². The SMILES string of the molecule is CC(C)Cc1noc(COC(=O)c2cccc(NC(=O)CC3SC(N4CCCCC4)=NC3=O)c2)n1. The number of ether oxygens (including phenoxy) is 1. The van der Waals surface area contributed by atoms with Crippen molar-refractivity contribution in [1.29, 1.82) is 0 Å². The summed E-state index contributed by atoms with van der Waals surface area (Å²) in [6, 6.07) is 6.43. The lowest BCUT2D eigenvalue weighted by atomic mass is 10.1. The van der Waals surface area contributed by atoms with E-state index in [1.807, 2.05) is 13.8 Å². The molecule has 1 N–H and O–H groups in total. The standard InChI is InChI=1S/C24H29N5O5S/c1-15(2)11-19-26-21(34-28-19)14-33-23(32)16-7-6-8-17(12-16)25-20(30)13-18-22(31)27-24(35-18)29-9-4-3-5-10-29/h6-8,12,15,18H,3-5,9-11,13-14H2,1-2H3,(H,25,30). The second kappa shape index (κ2) is 11.5. The van der Waals surface area contributed by atoms with E-state index in [1.165, 1.54) is 24.2 Å². The summed E-state index contributed by atoms with van der Waals surface area (Å²) in [5.41, 5.74) is 0.709. The molecule has 1 saturated heterocycles. The number of aromatic nitrogens is 2. The third kappa shape index (κ3) is 6.91. The molecule has 2 aliphatic rings. The maximum atomic E-state index is 12.6. The van der Waals surface area contributed by atoms with Crippen molar-refractivity contribution in [1.82, 2.24) is 15.0 Å². The number of amidine groups is 1. The lowest BCUT2D eigenvalue weighted by Gasteiger charge is -2.27. The van der Waals surface area contributed by atoms with Gasteiger partial charge in [-0.1, -0.05) is 36.8 Å². The summed E-state index contributed by atoms with van der Waals surface area (Å²) in [6.07, 6.45) is 4.05. The number of likely N-dealkylation sites (tertiary alicyclic amines) is 1. The highest BCUT2D eigenvalue weighted by atomic mass is 32.2. The number of aliphatic imine (C=N–C) groups is 1. The third-order valence-corrected chi connectivity index (χ3v) is 6.75. The molecule has 1 aromatic carbocycles. The largest absolute Gasteiger partial charge is 0.452 e. The minimum absolute atomic E-state index is 0.00882. The van der Waals surface area contributed by atoms with E-state index in [0.29, 0.717) is 23.9 Å². The number of hydrogen-bond donors (Lipinski definition) is 1. The van der Waals surface area contributed by atoms with E-state index in [-0.39, 0.29) is 36.3 Å². The predicted octanol–water partition coefficient (Wildman–Crippen LogP) is 3.44. The summed E-state index contributed by atoms with van der Waals surface area (Å²) in [5.74, 6) is 0.00784. The van der Waals surface area contributed by atoms with Gasteiger partial charge in [-0.05, 0) is 43.4 Å². The van der Waals surface area contributed by atoms with Gasteiger partial charge in [-0.15, -0.1) is 0 Å². The Labute approximate surface area is 207 Å². The highest BCUT2D eigenvalue weighted by Gasteiger charge is 2.33. The topological polar surface area (TPSA) is 127 Å². The molecule has 1 aromatic heterocycles. The van der Waals surface area contributed by atoms with Gasteiger partial charge in [-0.25, -0.2) is 4.79 Å². The van der Waals surface area contributed by atoms with Crippen molar-refractivity contribution in [2.24, 2.45) is 10.9 Å². The molecular formula is C24H29N5O5S. The van der Waals surface area contributed by atoms with Crippen LogP contribution in [-0.4, -0.2) is 56.3 Å². The van der Waals surface area contributed by atoms with Gasteiger partial charge in [0, 0.05) is 31.6 Å². The van der Waals surface area contributed by atoms with Crippen LogP contribution in [0.15, 0.2) is 33.8 Å². The Balaban J connectivity index is 1.27. The van der Waals surface area contributed by atoms with E-state index in [4.69, 9.17) is 9.26 Å². The van der Waals surface area contributed by atoms with Crippen molar-refractivity contribution in [2.45, 2.75) is 57.8 Å². The fourth-order valence-corrected chi connectivity index (χ4v) is 4.96. The number of nitrogens with one attached hydrogen (secondary N) is 1. The van der Waals surface area contributed by atoms with Gasteiger partial charge in [-0.3, -0.25) is 9.59 Å². The molecule has 1 fully saturated rings. The number of rotatable bonds is 8. The summed E-state index contributed by atoms with van der Waals surface area (Å²) in [5, 5.41) is 6.81. The number of amides is 2. The molecule has 1 unspecified atom stereocenters. The van der Waals surface area contributed by atoms with E-state index in [0.717, 1.165) is 31.1 Å². The summed E-state index contributed by atoms with van der Waals surface area (Å²) < 4.78 is 10.4. The first-order valence-electron chi connectivity index (χ1n) is 11.8. The number of thioether (sulfide) groups is 1. The maximum absolute atomic E-state index is 12.6. The van der Waals surface area contributed by atoms with Gasteiger partial charge in [0.1, 0.15) is 5.25 Å². The molecule has 0 saturated carbocycles. The van der Waals surface area contributed by atoms with Gasteiger partial charge in [0.25, 0.3) is 11.8 Å². The first-order chi connectivity index (χ1) is 16.9. The minimum atomic E-state index is -0.578. The van der Waals surface area contributed by atoms with E-state index < -0.39 is 11.2 Å². The van der Waals surface area contributed by atoms with Gasteiger partial charge in [0.05, 0.1) is 5.56 Å². The molecule has 2 aliphatic heterocycles. The molecule has 1 atom stereocenters. The van der Waals surface area contributed by atoms with Crippen LogP contribution >= 0.6 is 11.8 Å². The van der Waals surface area contributed by atoms with Crippen LogP contribution in [0.2, 0.25) is 0 Å². The van der Waals surface area contributed by atoms with Crippen LogP contribution in [-0.2, 0) is 27.4 Å². The molecule has 0 aliphatic carbocycles. The quantitative estimate of drug-likeness (QED) is 0.543. The number of carbonyl (C=O) groups excluding carboxylic acids is 3. The summed E-state index contributed by atoms with van der Waals surface area (Å²) in [6.45, 7) is 5.75. The fourth-order valence-electron chi connectivity index (χ4n) is 3.84. The van der Waals surface area contributed by atoms with E-state index in [2.05, 4.69) is 25.3 Å². The smallest absolute Gasteiger partial charge is 0.338 e. The zero-order chi connectivity index (χ0) is 24.8. The van der Waals surface area contributed by atoms with E-state index in [9.17, 15) is 14.4 Å². The number of benzene rings is 1. The van der Waals surface area contributed by atoms with E-state index in [1.54, 1.807) is 18.2 Å². The molecule has 186 valence electrons. The Bertz CT molecular complexity index is 1110. The van der Waals surface area contributed by atoms with Gasteiger partial charge < -0.3 is 19.5 Å².